The molecule has 33 heavy (non-hydrogen) atoms. The maximum atomic E-state index is 11.2. The second-order valence-electron chi connectivity index (χ2n) is 8.29. The van der Waals surface area contributed by atoms with Gasteiger partial charge in [0, 0.05) is 44.9 Å². The van der Waals surface area contributed by atoms with E-state index in [0.717, 1.165) is 17.1 Å². The molecule has 0 spiro atoms. The van der Waals surface area contributed by atoms with E-state index < -0.39 is 0 Å². The normalized spacial score (nSPS) is 15.9. The Hall–Kier alpha value is -3.73. The predicted octanol–water partition coefficient (Wildman–Crippen LogP) is 3.52. The maximum absolute atomic E-state index is 11.2. The molecule has 0 radical (unpaired) electrons. The molecule has 0 aliphatic carbocycles. The highest BCUT2D eigenvalue weighted by molar-refractivity contribution is 5.62. The number of fused-ring (bicyclic) bond motifs is 1. The third-order valence-corrected chi connectivity index (χ3v) is 5.89. The monoisotopic (exact) mass is 446 g/mol. The molecule has 0 saturated carbocycles. The standard InChI is InChI=1S/C23H24N7O3/c1-28(2)17-8-6-15(7-9-17)12-29-13-20-19(24-14-25-20)11-21(29)23-26-22(27-33-23)16-4-3-5-18(10-16)30(31)32/h3-10,14,21,31H,11-13H2,1-2H3,(H,24,25)/q-1/t21-/m0/s1. The Kier molecular flexibility index (Phi) is 5.55. The number of nitrogens with one attached hydrogen (secondary N) is 1. The van der Waals surface area contributed by atoms with Gasteiger partial charge in [-0.05, 0) is 29.8 Å². The fraction of sp³-hybridized carbons (Fsp3) is 0.261. The van der Waals surface area contributed by atoms with Crippen LogP contribution in [-0.4, -0.2) is 44.3 Å². The van der Waals surface area contributed by atoms with E-state index >= 15 is 0 Å². The summed E-state index contributed by atoms with van der Waals surface area (Å²) >= 11 is 0. The summed E-state index contributed by atoms with van der Waals surface area (Å²) in [6, 6.07) is 14.8. The van der Waals surface area contributed by atoms with Crippen LogP contribution in [0, 0.1) is 5.21 Å². The topological polar surface area (TPSA) is 121 Å². The van der Waals surface area contributed by atoms with Crippen molar-refractivity contribution in [1.82, 2.24) is 25.0 Å². The van der Waals surface area contributed by atoms with Crippen molar-refractivity contribution in [1.29, 1.82) is 0 Å². The van der Waals surface area contributed by atoms with E-state index in [9.17, 15) is 10.4 Å². The van der Waals surface area contributed by atoms with Crippen molar-refractivity contribution < 1.29 is 9.73 Å². The van der Waals surface area contributed by atoms with E-state index in [1.54, 1.807) is 18.5 Å². The van der Waals surface area contributed by atoms with Gasteiger partial charge in [-0.2, -0.15) is 4.98 Å². The minimum atomic E-state index is -0.186. The highest BCUT2D eigenvalue weighted by Gasteiger charge is 2.33. The molecule has 5 rings (SSSR count). The predicted molar refractivity (Wildman–Crippen MR) is 122 cm³/mol. The first-order chi connectivity index (χ1) is 16.0. The lowest BCUT2D eigenvalue weighted by atomic mass is 10.0. The molecule has 1 aliphatic heterocycles. The first-order valence-electron chi connectivity index (χ1n) is 10.6. The van der Waals surface area contributed by atoms with Gasteiger partial charge in [0.1, 0.15) is 0 Å². The van der Waals surface area contributed by atoms with Crippen LogP contribution in [0.15, 0.2) is 59.4 Å². The van der Waals surface area contributed by atoms with Gasteiger partial charge < -0.3 is 24.8 Å². The van der Waals surface area contributed by atoms with Crippen LogP contribution in [0.4, 0.5) is 11.4 Å². The number of nitrogens with zero attached hydrogens (tertiary/aromatic N) is 6. The van der Waals surface area contributed by atoms with Crippen LogP contribution >= 0.6 is 0 Å². The zero-order valence-electron chi connectivity index (χ0n) is 18.3. The second-order valence-corrected chi connectivity index (χ2v) is 8.29. The van der Waals surface area contributed by atoms with Gasteiger partial charge in [0.25, 0.3) is 0 Å². The third kappa shape index (κ3) is 4.31. The minimum Gasteiger partial charge on any atom is -0.733 e. The summed E-state index contributed by atoms with van der Waals surface area (Å²) in [5.74, 6) is 0.841. The highest BCUT2D eigenvalue weighted by Crippen LogP contribution is 2.33. The summed E-state index contributed by atoms with van der Waals surface area (Å²) in [6.45, 7) is 1.39. The average Bonchev–Trinajstić information content (AvgIpc) is 3.48. The quantitative estimate of drug-likeness (QED) is 0.429. The molecule has 10 nitrogen and oxygen atoms in total. The van der Waals surface area contributed by atoms with Crippen LogP contribution in [0.3, 0.4) is 0 Å². The number of benzene rings is 2. The van der Waals surface area contributed by atoms with Crippen LogP contribution in [0.25, 0.3) is 11.4 Å². The molecule has 1 aliphatic rings. The molecule has 1 atom stereocenters. The van der Waals surface area contributed by atoms with E-state index in [1.807, 2.05) is 14.1 Å². The Bertz CT molecular complexity index is 1230. The molecule has 170 valence electrons. The van der Waals surface area contributed by atoms with Crippen molar-refractivity contribution >= 4 is 11.4 Å². The Balaban J connectivity index is 1.43. The first-order valence-corrected chi connectivity index (χ1v) is 10.6. The van der Waals surface area contributed by atoms with E-state index in [1.165, 1.54) is 17.7 Å². The smallest absolute Gasteiger partial charge is 0.244 e. The Morgan fingerprint density at radius 3 is 2.76 bits per heavy atom. The first kappa shape index (κ1) is 21.1. The molecule has 0 bridgehead atoms. The van der Waals surface area contributed by atoms with E-state index in [0.29, 0.717) is 36.8 Å². The molecular formula is C23H24N7O3-. The fourth-order valence-electron chi connectivity index (χ4n) is 4.08. The molecule has 2 N–H and O–H groups in total. The molecule has 0 fully saturated rings. The number of hydrogen-bond acceptors (Lipinski definition) is 9. The molecule has 0 unspecified atom stereocenters. The summed E-state index contributed by atoms with van der Waals surface area (Å²) < 4.78 is 5.67. The molecule has 2 aromatic carbocycles. The average molecular weight is 446 g/mol. The van der Waals surface area contributed by atoms with Gasteiger partial charge in [-0.25, -0.2) is 4.98 Å². The van der Waals surface area contributed by atoms with Gasteiger partial charge in [-0.3, -0.25) is 10.1 Å². The maximum Gasteiger partial charge on any atom is 0.244 e. The van der Waals surface area contributed by atoms with Gasteiger partial charge in [0.15, 0.2) is 0 Å². The van der Waals surface area contributed by atoms with Crippen molar-refractivity contribution in [3.63, 3.8) is 0 Å². The largest absolute Gasteiger partial charge is 0.733 e. The van der Waals surface area contributed by atoms with Gasteiger partial charge in [-0.15, -0.1) is 0 Å². The summed E-state index contributed by atoms with van der Waals surface area (Å²) in [5.41, 5.74) is 5.08. The highest BCUT2D eigenvalue weighted by atomic mass is 16.8. The second kappa shape index (κ2) is 8.66. The lowest BCUT2D eigenvalue weighted by molar-refractivity contribution is 0.128. The number of H-pyrrole nitrogens is 1. The molecule has 4 aromatic rings. The molecule has 0 saturated heterocycles. The number of imidazole rings is 1. The third-order valence-electron chi connectivity index (χ3n) is 5.89. The van der Waals surface area contributed by atoms with Gasteiger partial charge >= 0.3 is 0 Å². The lowest BCUT2D eigenvalue weighted by Gasteiger charge is -2.32. The van der Waals surface area contributed by atoms with Crippen molar-refractivity contribution in [3.05, 3.63) is 82.9 Å². The zero-order valence-corrected chi connectivity index (χ0v) is 18.3. The Labute approximate surface area is 190 Å². The minimum absolute atomic E-state index is 0.0977. The Morgan fingerprint density at radius 1 is 1.18 bits per heavy atom. The fourth-order valence-corrected chi connectivity index (χ4v) is 4.08. The van der Waals surface area contributed by atoms with Crippen LogP contribution < -0.4 is 10.1 Å². The van der Waals surface area contributed by atoms with Crippen LogP contribution in [-0.2, 0) is 19.5 Å². The summed E-state index contributed by atoms with van der Waals surface area (Å²) in [5, 5.41) is 24.4. The molecule has 0 amide bonds. The number of rotatable bonds is 6. The SMILES string of the molecule is CN(C)c1ccc(CN2Cc3[nH]cnc3C[C@H]2c2nc(-c3cccc(N([O-])O)c3)no2)cc1. The molecule has 10 heteroatoms. The van der Waals surface area contributed by atoms with Crippen molar-refractivity contribution in [2.45, 2.75) is 25.6 Å². The van der Waals surface area contributed by atoms with Gasteiger partial charge in [0.05, 0.1) is 29.4 Å². The van der Waals surface area contributed by atoms with Crippen LogP contribution in [0.5, 0.6) is 0 Å². The molecular weight excluding hydrogens is 422 g/mol. The van der Waals surface area contributed by atoms with Crippen LogP contribution in [0.2, 0.25) is 0 Å². The Morgan fingerprint density at radius 2 is 2.00 bits per heavy atom. The molecule has 2 aromatic heterocycles. The molecule has 3 heterocycles. The number of aromatic amines is 1. The lowest BCUT2D eigenvalue weighted by Crippen LogP contribution is -2.34. The zero-order chi connectivity index (χ0) is 22.9. The van der Waals surface area contributed by atoms with E-state index in [4.69, 9.17) is 4.52 Å². The van der Waals surface area contributed by atoms with Gasteiger partial charge in [0.2, 0.25) is 11.7 Å². The number of hydrogen-bond donors (Lipinski definition) is 2. The summed E-state index contributed by atoms with van der Waals surface area (Å²) in [7, 11) is 4.04. The number of aromatic nitrogens is 4. The number of anilines is 2. The van der Waals surface area contributed by atoms with E-state index in [2.05, 4.69) is 54.2 Å². The van der Waals surface area contributed by atoms with E-state index in [-0.39, 0.29) is 17.0 Å². The van der Waals surface area contributed by atoms with Crippen LogP contribution in [0.1, 0.15) is 28.9 Å². The summed E-state index contributed by atoms with van der Waals surface area (Å²) in [6.07, 6.45) is 2.35. The van der Waals surface area contributed by atoms with Crippen molar-refractivity contribution in [3.8, 4) is 11.4 Å². The van der Waals surface area contributed by atoms with Crippen molar-refractivity contribution in [2.75, 3.05) is 24.2 Å². The van der Waals surface area contributed by atoms with Crippen molar-refractivity contribution in [2.24, 2.45) is 0 Å². The van der Waals surface area contributed by atoms with Gasteiger partial charge in [-0.1, -0.05) is 29.4 Å². The summed E-state index contributed by atoms with van der Waals surface area (Å²) in [4.78, 5) is 16.7.